The number of hydrogen-bond acceptors (Lipinski definition) is 6. The lowest BCUT2D eigenvalue weighted by atomic mass is 9.87. The van der Waals surface area contributed by atoms with E-state index in [4.69, 9.17) is 9.84 Å². The number of fused-ring (bicyclic) bond motifs is 1. The minimum Gasteiger partial charge on any atom is -0.490 e. The molecule has 0 amide bonds. The van der Waals surface area contributed by atoms with Crippen molar-refractivity contribution in [1.29, 1.82) is 0 Å². The van der Waals surface area contributed by atoms with Crippen LogP contribution in [0, 0.1) is 6.92 Å². The molecule has 0 atom stereocenters. The summed E-state index contributed by atoms with van der Waals surface area (Å²) >= 11 is 1.32. The first-order chi connectivity index (χ1) is 20.2. The van der Waals surface area contributed by atoms with E-state index in [-0.39, 0.29) is 11.0 Å². The van der Waals surface area contributed by atoms with Crippen LogP contribution in [-0.2, 0) is 5.41 Å². The molecule has 3 heterocycles. The van der Waals surface area contributed by atoms with Crippen molar-refractivity contribution in [2.75, 3.05) is 6.61 Å². The molecule has 0 radical (unpaired) electrons. The highest BCUT2D eigenvalue weighted by atomic mass is 32.1. The number of aromatic nitrogens is 5. The molecule has 42 heavy (non-hydrogen) atoms. The van der Waals surface area contributed by atoms with Crippen LogP contribution >= 0.6 is 11.3 Å². The molecular formula is C34H31N5O2S. The van der Waals surface area contributed by atoms with Gasteiger partial charge in [0, 0.05) is 22.9 Å². The van der Waals surface area contributed by atoms with Crippen LogP contribution in [0.3, 0.4) is 0 Å². The smallest absolute Gasteiger partial charge is 0.291 e. The van der Waals surface area contributed by atoms with Crippen LogP contribution in [0.4, 0.5) is 0 Å². The van der Waals surface area contributed by atoms with E-state index in [1.165, 1.54) is 21.4 Å². The average molecular weight is 574 g/mol. The molecule has 0 aliphatic carbocycles. The molecule has 7 nitrogen and oxygen atoms in total. The molecule has 0 bridgehead atoms. The van der Waals surface area contributed by atoms with Crippen molar-refractivity contribution >= 4 is 22.4 Å². The molecule has 6 rings (SSSR count). The molecule has 0 saturated carbocycles. The van der Waals surface area contributed by atoms with E-state index in [1.54, 1.807) is 6.08 Å². The van der Waals surface area contributed by atoms with Gasteiger partial charge < -0.3 is 4.74 Å². The fourth-order valence-corrected chi connectivity index (χ4v) is 5.68. The monoisotopic (exact) mass is 573 g/mol. The number of rotatable bonds is 7. The number of aryl methyl sites for hydroxylation is 1. The maximum Gasteiger partial charge on any atom is 0.291 e. The zero-order valence-corrected chi connectivity index (χ0v) is 24.9. The topological polar surface area (TPSA) is 74.3 Å². The van der Waals surface area contributed by atoms with Crippen molar-refractivity contribution in [2.24, 2.45) is 0 Å². The number of nitrogens with zero attached hydrogens (tertiary/aromatic N) is 5. The van der Waals surface area contributed by atoms with Crippen molar-refractivity contribution < 1.29 is 4.74 Å². The predicted molar refractivity (Wildman–Crippen MR) is 169 cm³/mol. The average Bonchev–Trinajstić information content (AvgIpc) is 3.67. The summed E-state index contributed by atoms with van der Waals surface area (Å²) in [6.07, 6.45) is 5.55. The van der Waals surface area contributed by atoms with Gasteiger partial charge in [0.25, 0.3) is 5.56 Å². The fraction of sp³-hybridized carbons (Fsp3) is 0.176. The number of para-hydroxylation sites is 1. The van der Waals surface area contributed by atoms with Gasteiger partial charge in [-0.25, -0.2) is 4.68 Å². The van der Waals surface area contributed by atoms with E-state index >= 15 is 0 Å². The molecule has 0 saturated heterocycles. The van der Waals surface area contributed by atoms with Gasteiger partial charge in [0.2, 0.25) is 4.96 Å². The highest BCUT2D eigenvalue weighted by Gasteiger charge is 2.18. The maximum absolute atomic E-state index is 13.5. The highest BCUT2D eigenvalue weighted by molar-refractivity contribution is 7.15. The lowest BCUT2D eigenvalue weighted by Crippen LogP contribution is -2.23. The van der Waals surface area contributed by atoms with E-state index in [0.717, 1.165) is 39.4 Å². The van der Waals surface area contributed by atoms with Crippen molar-refractivity contribution in [1.82, 2.24) is 24.4 Å². The Morgan fingerprint density at radius 3 is 2.43 bits per heavy atom. The van der Waals surface area contributed by atoms with Gasteiger partial charge in [-0.05, 0) is 59.9 Å². The Morgan fingerprint density at radius 2 is 1.76 bits per heavy atom. The van der Waals surface area contributed by atoms with Crippen LogP contribution in [0.15, 0.2) is 96.4 Å². The van der Waals surface area contributed by atoms with Gasteiger partial charge in [-0.3, -0.25) is 4.79 Å². The highest BCUT2D eigenvalue weighted by Crippen LogP contribution is 2.30. The first kappa shape index (κ1) is 27.4. The predicted octanol–water partition coefficient (Wildman–Crippen LogP) is 6.39. The molecule has 0 spiro atoms. The Balaban J connectivity index is 1.42. The molecule has 8 heteroatoms. The lowest BCUT2D eigenvalue weighted by Gasteiger charge is -2.18. The van der Waals surface area contributed by atoms with E-state index in [0.29, 0.717) is 21.9 Å². The van der Waals surface area contributed by atoms with Gasteiger partial charge in [-0.2, -0.15) is 14.6 Å². The summed E-state index contributed by atoms with van der Waals surface area (Å²) in [6, 6.07) is 24.0. The summed E-state index contributed by atoms with van der Waals surface area (Å²) in [5.74, 6) is 1.30. The molecule has 3 aromatic carbocycles. The first-order valence-corrected chi connectivity index (χ1v) is 14.5. The maximum atomic E-state index is 13.5. The molecule has 3 aromatic heterocycles. The summed E-state index contributed by atoms with van der Waals surface area (Å²) in [5, 5.41) is 9.50. The Hall–Kier alpha value is -4.82. The molecule has 0 fully saturated rings. The van der Waals surface area contributed by atoms with Crippen molar-refractivity contribution in [3.05, 3.63) is 123 Å². The van der Waals surface area contributed by atoms with Gasteiger partial charge in [0.15, 0.2) is 5.82 Å². The zero-order chi connectivity index (χ0) is 29.4. The zero-order valence-electron chi connectivity index (χ0n) is 24.0. The Labute approximate surface area is 248 Å². The summed E-state index contributed by atoms with van der Waals surface area (Å²) in [6.45, 7) is 12.7. The standard InChI is InChI=1S/C34H31N5O2S/c1-6-18-41-27-16-17-28(22(2)19-27)30-24(21-38(36-30)26-10-8-7-9-11-26)20-29-32(40)39-33(42-29)35-31(37-39)23-12-14-25(15-13-23)34(3,4)5/h6-17,19-21H,1,18H2,2-5H3. The van der Waals surface area contributed by atoms with Crippen molar-refractivity contribution in [3.63, 3.8) is 0 Å². The van der Waals surface area contributed by atoms with Gasteiger partial charge >= 0.3 is 0 Å². The number of ether oxygens (including phenoxy) is 1. The van der Waals surface area contributed by atoms with Crippen LogP contribution in [0.2, 0.25) is 0 Å². The number of benzene rings is 3. The van der Waals surface area contributed by atoms with E-state index in [9.17, 15) is 4.79 Å². The van der Waals surface area contributed by atoms with E-state index in [1.807, 2.05) is 84.5 Å². The minimum absolute atomic E-state index is 0.0560. The van der Waals surface area contributed by atoms with Gasteiger partial charge in [-0.1, -0.05) is 87.2 Å². The second kappa shape index (κ2) is 10.9. The SMILES string of the molecule is C=CCOc1ccc(-c2nn(-c3ccccc3)cc2C=c2sc3nc(-c4ccc(C(C)(C)C)cc4)nn3c2=O)c(C)c1. The third-order valence-electron chi connectivity index (χ3n) is 7.06. The summed E-state index contributed by atoms with van der Waals surface area (Å²) in [4.78, 5) is 18.7. The van der Waals surface area contributed by atoms with Gasteiger partial charge in [0.1, 0.15) is 18.1 Å². The summed E-state index contributed by atoms with van der Waals surface area (Å²) in [5.41, 5.74) is 6.44. The third kappa shape index (κ3) is 5.29. The molecule has 210 valence electrons. The van der Waals surface area contributed by atoms with Crippen LogP contribution in [0.1, 0.15) is 37.5 Å². The Kier molecular flexibility index (Phi) is 7.08. The van der Waals surface area contributed by atoms with E-state index < -0.39 is 0 Å². The second-order valence-corrected chi connectivity index (χ2v) is 12.2. The molecular weight excluding hydrogens is 542 g/mol. The third-order valence-corrected chi connectivity index (χ3v) is 8.02. The van der Waals surface area contributed by atoms with Crippen LogP contribution < -0.4 is 14.8 Å². The Bertz CT molecular complexity index is 2010. The van der Waals surface area contributed by atoms with Crippen LogP contribution in [0.25, 0.3) is 39.4 Å². The second-order valence-electron chi connectivity index (χ2n) is 11.2. The lowest BCUT2D eigenvalue weighted by molar-refractivity contribution is 0.363. The van der Waals surface area contributed by atoms with Crippen molar-refractivity contribution in [2.45, 2.75) is 33.1 Å². The normalized spacial score (nSPS) is 12.2. The van der Waals surface area contributed by atoms with Crippen LogP contribution in [0.5, 0.6) is 5.75 Å². The fourth-order valence-electron chi connectivity index (χ4n) is 4.78. The molecule has 0 aliphatic heterocycles. The Morgan fingerprint density at radius 1 is 1.00 bits per heavy atom. The summed E-state index contributed by atoms with van der Waals surface area (Å²) < 4.78 is 9.49. The summed E-state index contributed by atoms with van der Waals surface area (Å²) in [7, 11) is 0. The van der Waals surface area contributed by atoms with E-state index in [2.05, 4.69) is 49.6 Å². The molecule has 6 aromatic rings. The molecule has 0 N–H and O–H groups in total. The first-order valence-electron chi connectivity index (χ1n) is 13.7. The van der Waals surface area contributed by atoms with Gasteiger partial charge in [0.05, 0.1) is 10.2 Å². The largest absolute Gasteiger partial charge is 0.490 e. The molecule has 0 aliphatic rings. The number of thiazole rings is 1. The molecule has 0 unspecified atom stereocenters. The minimum atomic E-state index is -0.205. The van der Waals surface area contributed by atoms with Gasteiger partial charge in [-0.15, -0.1) is 5.10 Å². The van der Waals surface area contributed by atoms with Crippen LogP contribution in [-0.4, -0.2) is 31.0 Å². The number of hydrogen-bond donors (Lipinski definition) is 0. The van der Waals surface area contributed by atoms with Crippen molar-refractivity contribution in [3.8, 4) is 34.1 Å². The quantitative estimate of drug-likeness (QED) is 0.207.